The lowest BCUT2D eigenvalue weighted by Gasteiger charge is -2.23. The fourth-order valence-electron chi connectivity index (χ4n) is 3.58. The fraction of sp³-hybridized carbons (Fsp3) is 0.571. The summed E-state index contributed by atoms with van der Waals surface area (Å²) in [5, 5.41) is -0.114. The quantitative estimate of drug-likeness (QED) is 0.889. The molecule has 0 amide bonds. The van der Waals surface area contributed by atoms with Crippen LogP contribution < -0.4 is 10.5 Å². The molecule has 2 aliphatic rings. The molecule has 1 aromatic carbocycles. The van der Waals surface area contributed by atoms with Crippen molar-refractivity contribution in [3.63, 3.8) is 0 Å². The Morgan fingerprint density at radius 3 is 2.67 bits per heavy atom. The Labute approximate surface area is 128 Å². The minimum absolute atomic E-state index is 0.00671. The summed E-state index contributed by atoms with van der Waals surface area (Å²) in [5.41, 5.74) is 5.77. The average molecular weight is 333 g/mol. The first-order valence-corrected chi connectivity index (χ1v) is 8.97. The van der Waals surface area contributed by atoms with Gasteiger partial charge in [0.2, 0.25) is 10.0 Å². The Kier molecular flexibility index (Phi) is 3.98. The third kappa shape index (κ3) is 2.82. The van der Waals surface area contributed by atoms with Crippen molar-refractivity contribution in [2.45, 2.75) is 43.2 Å². The first-order chi connectivity index (χ1) is 9.90. The molecule has 116 valence electrons. The number of sulfonamides is 1. The molecule has 3 unspecified atom stereocenters. The van der Waals surface area contributed by atoms with E-state index < -0.39 is 15.8 Å². The van der Waals surface area contributed by atoms with Gasteiger partial charge in [0, 0.05) is 12.6 Å². The Bertz CT molecular complexity index is 665. The highest BCUT2D eigenvalue weighted by Crippen LogP contribution is 2.44. The molecule has 3 atom stereocenters. The van der Waals surface area contributed by atoms with Crippen molar-refractivity contribution in [3.05, 3.63) is 28.5 Å². The Balaban J connectivity index is 1.86. The van der Waals surface area contributed by atoms with Gasteiger partial charge in [-0.3, -0.25) is 0 Å². The topological polar surface area (TPSA) is 72.2 Å². The highest BCUT2D eigenvalue weighted by Gasteiger charge is 2.41. The van der Waals surface area contributed by atoms with Crippen LogP contribution in [0.15, 0.2) is 17.0 Å². The van der Waals surface area contributed by atoms with Crippen LogP contribution in [0.1, 0.15) is 31.2 Å². The van der Waals surface area contributed by atoms with Crippen LogP contribution in [0.4, 0.5) is 4.39 Å². The molecule has 21 heavy (non-hydrogen) atoms. The summed E-state index contributed by atoms with van der Waals surface area (Å²) < 4.78 is 41.3. The van der Waals surface area contributed by atoms with Crippen molar-refractivity contribution < 1.29 is 12.8 Å². The van der Waals surface area contributed by atoms with Crippen LogP contribution in [0, 0.1) is 17.7 Å². The molecule has 4 nitrogen and oxygen atoms in total. The van der Waals surface area contributed by atoms with Gasteiger partial charge < -0.3 is 5.73 Å². The van der Waals surface area contributed by atoms with Crippen LogP contribution >= 0.6 is 11.6 Å². The van der Waals surface area contributed by atoms with Gasteiger partial charge >= 0.3 is 0 Å². The second-order valence-electron chi connectivity index (χ2n) is 5.98. The molecular weight excluding hydrogens is 315 g/mol. The zero-order chi connectivity index (χ0) is 15.2. The summed E-state index contributed by atoms with van der Waals surface area (Å²) in [7, 11) is -3.74. The number of hydrogen-bond donors (Lipinski definition) is 2. The van der Waals surface area contributed by atoms with Crippen molar-refractivity contribution in [1.29, 1.82) is 0 Å². The summed E-state index contributed by atoms with van der Waals surface area (Å²) in [4.78, 5) is -0.104. The lowest BCUT2D eigenvalue weighted by Crippen LogP contribution is -2.38. The van der Waals surface area contributed by atoms with Gasteiger partial charge in [0.05, 0.1) is 9.92 Å². The Morgan fingerprint density at radius 1 is 1.33 bits per heavy atom. The number of fused-ring (bicyclic) bond motifs is 2. The molecule has 0 aromatic heterocycles. The van der Waals surface area contributed by atoms with E-state index in [4.69, 9.17) is 17.3 Å². The molecular formula is C14H18ClFN2O2S. The first-order valence-electron chi connectivity index (χ1n) is 7.11. The van der Waals surface area contributed by atoms with Crippen LogP contribution in [0.3, 0.4) is 0 Å². The molecule has 0 spiro atoms. The lowest BCUT2D eigenvalue weighted by molar-refractivity contribution is 0.390. The summed E-state index contributed by atoms with van der Waals surface area (Å²) in [6.45, 7) is -0.00671. The molecule has 3 N–H and O–H groups in total. The van der Waals surface area contributed by atoms with Crippen LogP contribution in [0.5, 0.6) is 0 Å². The van der Waals surface area contributed by atoms with E-state index in [1.54, 1.807) is 0 Å². The minimum Gasteiger partial charge on any atom is -0.326 e. The van der Waals surface area contributed by atoms with Crippen molar-refractivity contribution in [2.75, 3.05) is 0 Å². The third-order valence-corrected chi connectivity index (χ3v) is 6.54. The molecule has 2 saturated carbocycles. The number of nitrogens with one attached hydrogen (secondary N) is 1. The number of halogens is 2. The molecule has 3 rings (SSSR count). The van der Waals surface area contributed by atoms with Crippen LogP contribution in [0.25, 0.3) is 0 Å². The SMILES string of the molecule is NCc1cc(S(=O)(=O)NC2CC3CCC2C3)cc(F)c1Cl. The summed E-state index contributed by atoms with van der Waals surface area (Å²) in [6, 6.07) is 2.27. The predicted octanol–water partition coefficient (Wildman–Crippen LogP) is 2.40. The molecule has 0 radical (unpaired) electrons. The summed E-state index contributed by atoms with van der Waals surface area (Å²) in [5.74, 6) is 0.285. The van der Waals surface area contributed by atoms with E-state index in [-0.39, 0.29) is 22.5 Å². The highest BCUT2D eigenvalue weighted by molar-refractivity contribution is 7.89. The number of hydrogen-bond acceptors (Lipinski definition) is 3. The second-order valence-corrected chi connectivity index (χ2v) is 8.08. The minimum atomic E-state index is -3.74. The number of nitrogens with two attached hydrogens (primary N) is 1. The van der Waals surface area contributed by atoms with Crippen molar-refractivity contribution in [1.82, 2.24) is 4.72 Å². The average Bonchev–Trinajstić information content (AvgIpc) is 3.03. The standard InChI is InChI=1S/C14H18ClFN2O2S/c15-14-10(7-17)5-11(6-12(14)16)21(19,20)18-13-4-8-1-2-9(13)3-8/h5-6,8-9,13,18H,1-4,7,17H2. The van der Waals surface area contributed by atoms with E-state index in [0.29, 0.717) is 17.4 Å². The highest BCUT2D eigenvalue weighted by atomic mass is 35.5. The van der Waals surface area contributed by atoms with Crippen LogP contribution in [-0.4, -0.2) is 14.5 Å². The molecule has 0 aliphatic heterocycles. The van der Waals surface area contributed by atoms with Crippen molar-refractivity contribution in [3.8, 4) is 0 Å². The summed E-state index contributed by atoms with van der Waals surface area (Å²) >= 11 is 5.77. The maximum atomic E-state index is 13.7. The Morgan fingerprint density at radius 2 is 2.10 bits per heavy atom. The van der Waals surface area contributed by atoms with E-state index in [1.165, 1.54) is 12.5 Å². The van der Waals surface area contributed by atoms with Gasteiger partial charge in [-0.05, 0) is 48.8 Å². The smallest absolute Gasteiger partial charge is 0.240 e. The molecule has 0 heterocycles. The van der Waals surface area contributed by atoms with Gasteiger partial charge in [-0.25, -0.2) is 17.5 Å². The van der Waals surface area contributed by atoms with E-state index >= 15 is 0 Å². The lowest BCUT2D eigenvalue weighted by atomic mass is 9.96. The fourth-order valence-corrected chi connectivity index (χ4v) is 5.14. The van der Waals surface area contributed by atoms with Gasteiger partial charge in [-0.15, -0.1) is 0 Å². The van der Waals surface area contributed by atoms with Crippen LogP contribution in [0.2, 0.25) is 5.02 Å². The van der Waals surface area contributed by atoms with Crippen molar-refractivity contribution in [2.24, 2.45) is 17.6 Å². The van der Waals surface area contributed by atoms with Gasteiger partial charge in [0.1, 0.15) is 5.82 Å². The van der Waals surface area contributed by atoms with Gasteiger partial charge in [-0.2, -0.15) is 0 Å². The molecule has 7 heteroatoms. The zero-order valence-electron chi connectivity index (χ0n) is 11.5. The van der Waals surface area contributed by atoms with E-state index in [2.05, 4.69) is 4.72 Å². The van der Waals surface area contributed by atoms with Gasteiger partial charge in [0.25, 0.3) is 0 Å². The zero-order valence-corrected chi connectivity index (χ0v) is 13.1. The number of rotatable bonds is 4. The molecule has 2 aliphatic carbocycles. The summed E-state index contributed by atoms with van der Waals surface area (Å²) in [6.07, 6.45) is 4.23. The molecule has 0 saturated heterocycles. The van der Waals surface area contributed by atoms with Crippen LogP contribution in [-0.2, 0) is 16.6 Å². The first kappa shape index (κ1) is 15.2. The van der Waals surface area contributed by atoms with Crippen molar-refractivity contribution >= 4 is 21.6 Å². The maximum Gasteiger partial charge on any atom is 0.240 e. The molecule has 2 fully saturated rings. The molecule has 1 aromatic rings. The monoisotopic (exact) mass is 332 g/mol. The predicted molar refractivity (Wildman–Crippen MR) is 78.9 cm³/mol. The van der Waals surface area contributed by atoms with E-state index in [9.17, 15) is 12.8 Å². The molecule has 2 bridgehead atoms. The van der Waals surface area contributed by atoms with Gasteiger partial charge in [0.15, 0.2) is 0 Å². The Hall–Kier alpha value is -0.690. The van der Waals surface area contributed by atoms with Gasteiger partial charge in [-0.1, -0.05) is 18.0 Å². The largest absolute Gasteiger partial charge is 0.326 e. The van der Waals surface area contributed by atoms with E-state index in [0.717, 1.165) is 25.3 Å². The maximum absolute atomic E-state index is 13.7. The third-order valence-electron chi connectivity index (χ3n) is 4.65. The van der Waals surface area contributed by atoms with E-state index in [1.807, 2.05) is 0 Å². The second kappa shape index (κ2) is 5.50. The number of benzene rings is 1. The normalized spacial score (nSPS) is 28.2.